The van der Waals surface area contributed by atoms with Crippen molar-refractivity contribution in [1.82, 2.24) is 0 Å². The molecule has 66 valence electrons. The highest BCUT2D eigenvalue weighted by Crippen LogP contribution is 2.13. The first-order valence-electron chi connectivity index (χ1n) is 3.98. The van der Waals surface area contributed by atoms with Crippen molar-refractivity contribution in [2.75, 3.05) is 0 Å². The summed E-state index contributed by atoms with van der Waals surface area (Å²) in [6, 6.07) is 7.62. The zero-order valence-electron chi connectivity index (χ0n) is 7.33. The smallest absolute Gasteiger partial charge is 0.0406 e. The number of halogens is 1. The molecule has 0 N–H and O–H groups in total. The van der Waals surface area contributed by atoms with Crippen LogP contribution in [0, 0.1) is 0 Å². The Morgan fingerprint density at radius 1 is 1.08 bits per heavy atom. The summed E-state index contributed by atoms with van der Waals surface area (Å²) >= 11 is 5.75. The van der Waals surface area contributed by atoms with Crippen LogP contribution < -0.4 is 0 Å². The predicted molar refractivity (Wildman–Crippen MR) is 59.8 cm³/mol. The van der Waals surface area contributed by atoms with Crippen LogP contribution in [0.15, 0.2) is 55.1 Å². The Balaban J connectivity index is 2.96. The van der Waals surface area contributed by atoms with Crippen LogP contribution in [0.4, 0.5) is 0 Å². The highest BCUT2D eigenvalue weighted by Gasteiger charge is 1.89. The Morgan fingerprint density at radius 2 is 1.62 bits per heavy atom. The molecular weight excluding hydrogens is 180 g/mol. The van der Waals surface area contributed by atoms with Gasteiger partial charge in [0.1, 0.15) is 0 Å². The van der Waals surface area contributed by atoms with Gasteiger partial charge in [0.25, 0.3) is 0 Å². The fourth-order valence-corrected chi connectivity index (χ4v) is 1.08. The summed E-state index contributed by atoms with van der Waals surface area (Å²) in [5.41, 5.74) is 2.10. The van der Waals surface area contributed by atoms with Gasteiger partial charge in [-0.1, -0.05) is 49.0 Å². The first kappa shape index (κ1) is 9.82. The van der Waals surface area contributed by atoms with E-state index >= 15 is 0 Å². The summed E-state index contributed by atoms with van der Waals surface area (Å²) < 4.78 is 0. The predicted octanol–water partition coefficient (Wildman–Crippen LogP) is 4.10. The largest absolute Gasteiger partial charge is 0.0985 e. The Kier molecular flexibility index (Phi) is 3.53. The van der Waals surface area contributed by atoms with Crippen molar-refractivity contribution in [1.29, 1.82) is 0 Å². The van der Waals surface area contributed by atoms with E-state index in [0.717, 1.165) is 16.2 Å². The molecule has 1 aromatic carbocycles. The van der Waals surface area contributed by atoms with Crippen LogP contribution in [0.25, 0.3) is 6.08 Å². The molecule has 1 aromatic rings. The van der Waals surface area contributed by atoms with E-state index in [1.165, 1.54) is 0 Å². The molecular formula is C12H11Cl. The van der Waals surface area contributed by atoms with E-state index in [1.807, 2.05) is 30.3 Å². The third kappa shape index (κ3) is 2.92. The van der Waals surface area contributed by atoms with Gasteiger partial charge < -0.3 is 0 Å². The van der Waals surface area contributed by atoms with Crippen LogP contribution in [-0.2, 0) is 0 Å². The molecule has 0 nitrogen and oxygen atoms in total. The lowest BCUT2D eigenvalue weighted by atomic mass is 10.1. The summed E-state index contributed by atoms with van der Waals surface area (Å²) in [6.07, 6.45) is 5.53. The normalized spacial score (nSPS) is 9.00. The Morgan fingerprint density at radius 3 is 2.08 bits per heavy atom. The van der Waals surface area contributed by atoms with Gasteiger partial charge in [-0.05, 0) is 29.3 Å². The molecule has 0 aliphatic rings. The maximum absolute atomic E-state index is 5.75. The van der Waals surface area contributed by atoms with E-state index in [-0.39, 0.29) is 0 Å². The number of hydrogen-bond donors (Lipinski definition) is 0. The molecule has 0 spiro atoms. The SMILES string of the molecule is C=CC(C=C)=Cc1ccc(Cl)cc1. The summed E-state index contributed by atoms with van der Waals surface area (Å²) in [5.74, 6) is 0. The zero-order valence-corrected chi connectivity index (χ0v) is 8.09. The fraction of sp³-hybridized carbons (Fsp3) is 0. The summed E-state index contributed by atoms with van der Waals surface area (Å²) in [6.45, 7) is 7.36. The van der Waals surface area contributed by atoms with Crippen molar-refractivity contribution in [3.63, 3.8) is 0 Å². The van der Waals surface area contributed by atoms with E-state index < -0.39 is 0 Å². The lowest BCUT2D eigenvalue weighted by Gasteiger charge is -1.95. The minimum absolute atomic E-state index is 0.746. The van der Waals surface area contributed by atoms with Crippen LogP contribution in [-0.4, -0.2) is 0 Å². The average molecular weight is 191 g/mol. The van der Waals surface area contributed by atoms with Gasteiger partial charge in [-0.25, -0.2) is 0 Å². The van der Waals surface area contributed by atoms with Gasteiger partial charge in [0.05, 0.1) is 0 Å². The summed E-state index contributed by atoms with van der Waals surface area (Å²) in [5, 5.41) is 0.746. The van der Waals surface area contributed by atoms with Gasteiger partial charge in [-0.3, -0.25) is 0 Å². The molecule has 0 fully saturated rings. The number of rotatable bonds is 3. The van der Waals surface area contributed by atoms with Crippen molar-refractivity contribution in [3.8, 4) is 0 Å². The van der Waals surface area contributed by atoms with Gasteiger partial charge in [0, 0.05) is 5.02 Å². The maximum atomic E-state index is 5.75. The highest BCUT2D eigenvalue weighted by molar-refractivity contribution is 6.30. The molecule has 0 saturated heterocycles. The molecule has 0 heterocycles. The van der Waals surface area contributed by atoms with Crippen molar-refractivity contribution in [2.24, 2.45) is 0 Å². The molecule has 0 bridgehead atoms. The molecule has 1 heteroatoms. The molecule has 0 unspecified atom stereocenters. The van der Waals surface area contributed by atoms with Crippen LogP contribution in [0.2, 0.25) is 5.02 Å². The summed E-state index contributed by atoms with van der Waals surface area (Å²) in [4.78, 5) is 0. The van der Waals surface area contributed by atoms with E-state index in [9.17, 15) is 0 Å². The molecule has 0 saturated carbocycles. The second-order valence-corrected chi connectivity index (χ2v) is 3.04. The summed E-state index contributed by atoms with van der Waals surface area (Å²) in [7, 11) is 0. The van der Waals surface area contributed by atoms with Crippen molar-refractivity contribution < 1.29 is 0 Å². The topological polar surface area (TPSA) is 0 Å². The Bertz CT molecular complexity index is 321. The van der Waals surface area contributed by atoms with Crippen LogP contribution >= 0.6 is 11.6 Å². The van der Waals surface area contributed by atoms with Crippen LogP contribution in [0.3, 0.4) is 0 Å². The molecule has 13 heavy (non-hydrogen) atoms. The van der Waals surface area contributed by atoms with Gasteiger partial charge in [-0.2, -0.15) is 0 Å². The van der Waals surface area contributed by atoms with Gasteiger partial charge >= 0.3 is 0 Å². The molecule has 0 amide bonds. The minimum Gasteiger partial charge on any atom is -0.0985 e. The fourth-order valence-electron chi connectivity index (χ4n) is 0.953. The minimum atomic E-state index is 0.746. The molecule has 0 aliphatic heterocycles. The van der Waals surface area contributed by atoms with Gasteiger partial charge in [0.15, 0.2) is 0 Å². The number of allylic oxidation sites excluding steroid dienone is 3. The molecule has 1 rings (SSSR count). The molecule has 0 radical (unpaired) electrons. The first-order valence-corrected chi connectivity index (χ1v) is 4.36. The van der Waals surface area contributed by atoms with Crippen LogP contribution in [0.1, 0.15) is 5.56 Å². The monoisotopic (exact) mass is 190 g/mol. The number of hydrogen-bond acceptors (Lipinski definition) is 0. The standard InChI is InChI=1S/C12H11Cl/c1-3-10(4-2)9-11-5-7-12(13)8-6-11/h3-9H,1-2H2. The highest BCUT2D eigenvalue weighted by atomic mass is 35.5. The second kappa shape index (κ2) is 4.68. The van der Waals surface area contributed by atoms with Crippen molar-refractivity contribution >= 4 is 17.7 Å². The lowest BCUT2D eigenvalue weighted by Crippen LogP contribution is -1.73. The average Bonchev–Trinajstić information content (AvgIpc) is 2.17. The second-order valence-electron chi connectivity index (χ2n) is 2.60. The first-order chi connectivity index (χ1) is 6.26. The maximum Gasteiger partial charge on any atom is 0.0406 e. The number of benzene rings is 1. The molecule has 0 aromatic heterocycles. The van der Waals surface area contributed by atoms with Crippen LogP contribution in [0.5, 0.6) is 0 Å². The zero-order chi connectivity index (χ0) is 9.68. The molecule has 0 aliphatic carbocycles. The Labute approximate surface area is 83.9 Å². The Hall–Kier alpha value is -1.27. The van der Waals surface area contributed by atoms with E-state index in [4.69, 9.17) is 11.6 Å². The van der Waals surface area contributed by atoms with Crippen molar-refractivity contribution in [2.45, 2.75) is 0 Å². The molecule has 0 atom stereocenters. The van der Waals surface area contributed by atoms with Gasteiger partial charge in [0.2, 0.25) is 0 Å². The van der Waals surface area contributed by atoms with Crippen molar-refractivity contribution in [3.05, 3.63) is 65.7 Å². The lowest BCUT2D eigenvalue weighted by molar-refractivity contribution is 1.64. The van der Waals surface area contributed by atoms with E-state index in [1.54, 1.807) is 12.2 Å². The van der Waals surface area contributed by atoms with E-state index in [0.29, 0.717) is 0 Å². The quantitative estimate of drug-likeness (QED) is 0.630. The third-order valence-corrected chi connectivity index (χ3v) is 1.93. The third-order valence-electron chi connectivity index (χ3n) is 1.67. The van der Waals surface area contributed by atoms with Gasteiger partial charge in [-0.15, -0.1) is 0 Å². The van der Waals surface area contributed by atoms with E-state index in [2.05, 4.69) is 13.2 Å².